The van der Waals surface area contributed by atoms with E-state index in [9.17, 15) is 4.79 Å². The first-order valence-electron chi connectivity index (χ1n) is 7.44. The van der Waals surface area contributed by atoms with Gasteiger partial charge in [-0.25, -0.2) is 4.98 Å². The van der Waals surface area contributed by atoms with E-state index in [0.29, 0.717) is 25.3 Å². The van der Waals surface area contributed by atoms with E-state index in [4.69, 9.17) is 0 Å². The van der Waals surface area contributed by atoms with Crippen LogP contribution in [0.2, 0.25) is 0 Å². The largest absolute Gasteiger partial charge is 0.369 e. The lowest BCUT2D eigenvalue weighted by atomic mass is 10.2. The number of aromatic nitrogens is 4. The molecule has 7 heteroatoms. The highest BCUT2D eigenvalue weighted by Crippen LogP contribution is 2.09. The third kappa shape index (κ3) is 3.82. The van der Waals surface area contributed by atoms with Crippen LogP contribution in [-0.4, -0.2) is 32.0 Å². The van der Waals surface area contributed by atoms with Gasteiger partial charge in [0.1, 0.15) is 12.1 Å². The van der Waals surface area contributed by atoms with Crippen LogP contribution < -0.4 is 10.6 Å². The Bertz CT molecular complexity index is 799. The molecule has 0 spiro atoms. The molecule has 0 aliphatic heterocycles. The molecule has 0 bridgehead atoms. The first-order valence-corrected chi connectivity index (χ1v) is 7.44. The molecule has 0 radical (unpaired) electrons. The minimum absolute atomic E-state index is 0.00182. The van der Waals surface area contributed by atoms with Crippen LogP contribution in [0.1, 0.15) is 17.7 Å². The molecule has 0 saturated carbocycles. The van der Waals surface area contributed by atoms with Crippen molar-refractivity contribution in [2.45, 2.75) is 19.9 Å². The Labute approximate surface area is 133 Å². The number of hydrogen-bond donors (Lipinski definition) is 2. The van der Waals surface area contributed by atoms with Crippen molar-refractivity contribution >= 4 is 17.5 Å². The van der Waals surface area contributed by atoms with Crippen LogP contribution in [-0.2, 0) is 11.3 Å². The summed E-state index contributed by atoms with van der Waals surface area (Å²) in [5.41, 5.74) is 1.93. The predicted octanol–water partition coefficient (Wildman–Crippen LogP) is 1.55. The Morgan fingerprint density at radius 1 is 1.26 bits per heavy atom. The molecule has 2 aromatic heterocycles. The van der Waals surface area contributed by atoms with Gasteiger partial charge >= 0.3 is 0 Å². The van der Waals surface area contributed by atoms with E-state index in [0.717, 1.165) is 17.1 Å². The van der Waals surface area contributed by atoms with Crippen LogP contribution in [0, 0.1) is 6.92 Å². The maximum absolute atomic E-state index is 11.9. The van der Waals surface area contributed by atoms with Gasteiger partial charge in [0.05, 0.1) is 0 Å². The summed E-state index contributed by atoms with van der Waals surface area (Å²) in [5.74, 6) is 1.32. The van der Waals surface area contributed by atoms with Gasteiger partial charge in [-0.2, -0.15) is 14.6 Å². The van der Waals surface area contributed by atoms with Crippen LogP contribution in [0.5, 0.6) is 0 Å². The standard InChI is InChI=1S/C16H18N6O/c1-12-9-14(22-16(21-12)19-11-20-22)17-8-7-15(23)18-10-13-5-3-2-4-6-13/h2-6,9,11,17H,7-8,10H2,1H3,(H,18,23). The average Bonchev–Trinajstić information content (AvgIpc) is 3.02. The Balaban J connectivity index is 1.50. The van der Waals surface area contributed by atoms with Gasteiger partial charge < -0.3 is 10.6 Å². The van der Waals surface area contributed by atoms with Gasteiger partial charge in [0.25, 0.3) is 5.78 Å². The summed E-state index contributed by atoms with van der Waals surface area (Å²) in [6.45, 7) is 2.95. The maximum Gasteiger partial charge on any atom is 0.254 e. The normalized spacial score (nSPS) is 10.7. The number of rotatable bonds is 6. The number of nitrogens with one attached hydrogen (secondary N) is 2. The van der Waals surface area contributed by atoms with Crippen LogP contribution in [0.15, 0.2) is 42.7 Å². The SMILES string of the molecule is Cc1cc(NCCC(=O)NCc2ccccc2)n2ncnc2n1. The molecule has 1 aromatic carbocycles. The quantitative estimate of drug-likeness (QED) is 0.721. The average molecular weight is 310 g/mol. The molecular weight excluding hydrogens is 292 g/mol. The second-order valence-corrected chi connectivity index (χ2v) is 5.19. The molecule has 23 heavy (non-hydrogen) atoms. The van der Waals surface area contributed by atoms with E-state index in [1.54, 1.807) is 4.52 Å². The fourth-order valence-electron chi connectivity index (χ4n) is 2.25. The minimum atomic E-state index is 0.00182. The van der Waals surface area contributed by atoms with Crippen molar-refractivity contribution in [3.05, 3.63) is 54.0 Å². The number of aryl methyl sites for hydroxylation is 1. The van der Waals surface area contributed by atoms with E-state index in [1.165, 1.54) is 6.33 Å². The van der Waals surface area contributed by atoms with Gasteiger partial charge in [0, 0.05) is 31.3 Å². The molecular formula is C16H18N6O. The van der Waals surface area contributed by atoms with E-state index in [1.807, 2.05) is 43.3 Å². The van der Waals surface area contributed by atoms with Crippen LogP contribution in [0.3, 0.4) is 0 Å². The molecule has 118 valence electrons. The van der Waals surface area contributed by atoms with Gasteiger partial charge in [0.2, 0.25) is 5.91 Å². The predicted molar refractivity (Wildman–Crippen MR) is 86.9 cm³/mol. The van der Waals surface area contributed by atoms with Gasteiger partial charge in [-0.05, 0) is 12.5 Å². The summed E-state index contributed by atoms with van der Waals surface area (Å²) in [6, 6.07) is 11.7. The lowest BCUT2D eigenvalue weighted by Gasteiger charge is -2.09. The molecule has 0 aliphatic carbocycles. The van der Waals surface area contributed by atoms with Crippen molar-refractivity contribution in [1.82, 2.24) is 24.9 Å². The smallest absolute Gasteiger partial charge is 0.254 e. The number of benzene rings is 1. The number of carbonyl (C=O) groups excluding carboxylic acids is 1. The van der Waals surface area contributed by atoms with Gasteiger partial charge in [-0.3, -0.25) is 4.79 Å². The zero-order valence-corrected chi connectivity index (χ0v) is 12.9. The van der Waals surface area contributed by atoms with Crippen molar-refractivity contribution in [1.29, 1.82) is 0 Å². The summed E-state index contributed by atoms with van der Waals surface area (Å²) in [7, 11) is 0. The van der Waals surface area contributed by atoms with Crippen molar-refractivity contribution in [3.8, 4) is 0 Å². The van der Waals surface area contributed by atoms with Crippen molar-refractivity contribution in [2.75, 3.05) is 11.9 Å². The Morgan fingerprint density at radius 3 is 2.91 bits per heavy atom. The fraction of sp³-hybridized carbons (Fsp3) is 0.250. The van der Waals surface area contributed by atoms with Gasteiger partial charge in [-0.15, -0.1) is 0 Å². The monoisotopic (exact) mass is 310 g/mol. The molecule has 3 rings (SSSR count). The molecule has 2 heterocycles. The highest BCUT2D eigenvalue weighted by Gasteiger charge is 2.06. The van der Waals surface area contributed by atoms with E-state index in [-0.39, 0.29) is 5.91 Å². The molecule has 0 unspecified atom stereocenters. The number of anilines is 1. The molecule has 0 saturated heterocycles. The Hall–Kier alpha value is -2.96. The summed E-state index contributed by atoms with van der Waals surface area (Å²) in [4.78, 5) is 20.2. The van der Waals surface area contributed by atoms with Crippen molar-refractivity contribution < 1.29 is 4.79 Å². The van der Waals surface area contributed by atoms with E-state index < -0.39 is 0 Å². The molecule has 0 aliphatic rings. The fourth-order valence-corrected chi connectivity index (χ4v) is 2.25. The lowest BCUT2D eigenvalue weighted by molar-refractivity contribution is -0.121. The number of nitrogens with zero attached hydrogens (tertiary/aromatic N) is 4. The number of hydrogen-bond acceptors (Lipinski definition) is 5. The minimum Gasteiger partial charge on any atom is -0.369 e. The Kier molecular flexibility index (Phi) is 4.46. The molecule has 0 fully saturated rings. The third-order valence-corrected chi connectivity index (χ3v) is 3.37. The molecule has 0 atom stereocenters. The molecule has 1 amide bonds. The first-order chi connectivity index (χ1) is 11.2. The second kappa shape index (κ2) is 6.87. The van der Waals surface area contributed by atoms with Crippen LogP contribution in [0.25, 0.3) is 5.78 Å². The highest BCUT2D eigenvalue weighted by atomic mass is 16.1. The van der Waals surface area contributed by atoms with Crippen LogP contribution >= 0.6 is 0 Å². The van der Waals surface area contributed by atoms with Crippen molar-refractivity contribution in [3.63, 3.8) is 0 Å². The van der Waals surface area contributed by atoms with E-state index >= 15 is 0 Å². The molecule has 3 aromatic rings. The topological polar surface area (TPSA) is 84.2 Å². The Morgan fingerprint density at radius 2 is 2.09 bits per heavy atom. The van der Waals surface area contributed by atoms with E-state index in [2.05, 4.69) is 25.7 Å². The molecule has 2 N–H and O–H groups in total. The summed E-state index contributed by atoms with van der Waals surface area (Å²) < 4.78 is 1.62. The third-order valence-electron chi connectivity index (χ3n) is 3.37. The van der Waals surface area contributed by atoms with Crippen molar-refractivity contribution in [2.24, 2.45) is 0 Å². The number of fused-ring (bicyclic) bond motifs is 1. The zero-order valence-electron chi connectivity index (χ0n) is 12.9. The van der Waals surface area contributed by atoms with Crippen LogP contribution in [0.4, 0.5) is 5.82 Å². The number of amides is 1. The zero-order chi connectivity index (χ0) is 16.1. The molecule has 7 nitrogen and oxygen atoms in total. The second-order valence-electron chi connectivity index (χ2n) is 5.19. The van der Waals surface area contributed by atoms with Gasteiger partial charge in [0.15, 0.2) is 0 Å². The number of carbonyl (C=O) groups is 1. The summed E-state index contributed by atoms with van der Waals surface area (Å²) in [5, 5.41) is 10.2. The highest BCUT2D eigenvalue weighted by molar-refractivity contribution is 5.76. The summed E-state index contributed by atoms with van der Waals surface area (Å²) in [6.07, 6.45) is 1.84. The maximum atomic E-state index is 11.9. The first kappa shape index (κ1) is 15.0. The summed E-state index contributed by atoms with van der Waals surface area (Å²) >= 11 is 0. The van der Waals surface area contributed by atoms with Gasteiger partial charge in [-0.1, -0.05) is 30.3 Å². The lowest BCUT2D eigenvalue weighted by Crippen LogP contribution is -2.25.